The van der Waals surface area contributed by atoms with Crippen LogP contribution < -0.4 is 10.1 Å². The van der Waals surface area contributed by atoms with Gasteiger partial charge in [-0.05, 0) is 42.5 Å². The van der Waals surface area contributed by atoms with Gasteiger partial charge in [0.15, 0.2) is 0 Å². The molecule has 5 nitrogen and oxygen atoms in total. The summed E-state index contributed by atoms with van der Waals surface area (Å²) in [7, 11) is 1.59. The molecule has 0 spiro atoms. The maximum atomic E-state index is 13.7. The number of hydrogen-bond acceptors (Lipinski definition) is 3. The quantitative estimate of drug-likeness (QED) is 0.522. The van der Waals surface area contributed by atoms with Crippen LogP contribution in [0.25, 0.3) is 0 Å². The second kappa shape index (κ2) is 11.6. The van der Waals surface area contributed by atoms with Gasteiger partial charge < -0.3 is 15.0 Å². The van der Waals surface area contributed by atoms with E-state index in [0.29, 0.717) is 22.3 Å². The monoisotopic (exact) mass is 476 g/mol. The summed E-state index contributed by atoms with van der Waals surface area (Å²) in [6, 6.07) is 13.7. The van der Waals surface area contributed by atoms with Crippen LogP contribution in [0.15, 0.2) is 48.5 Å². The Hall–Kier alpha value is -2.24. The Balaban J connectivity index is 1.98. The third-order valence-electron chi connectivity index (χ3n) is 6.12. The largest absolute Gasteiger partial charge is 0.497 e. The minimum atomic E-state index is -0.893. The topological polar surface area (TPSA) is 58.6 Å². The molecule has 1 N–H and O–H groups in total. The van der Waals surface area contributed by atoms with Gasteiger partial charge in [-0.1, -0.05) is 61.7 Å². The fourth-order valence-electron chi connectivity index (χ4n) is 4.31. The molecular formula is C25H30Cl2N2O3. The minimum absolute atomic E-state index is 0.0750. The lowest BCUT2D eigenvalue weighted by molar-refractivity contribution is -0.140. The number of methoxy groups -OCH3 is 1. The first-order valence-electron chi connectivity index (χ1n) is 11.0. The number of alkyl halides is 1. The molecule has 0 heterocycles. The van der Waals surface area contributed by atoms with Crippen LogP contribution in [-0.2, 0) is 16.1 Å². The molecule has 2 aromatic carbocycles. The average molecular weight is 477 g/mol. The summed E-state index contributed by atoms with van der Waals surface area (Å²) < 4.78 is 5.32. The summed E-state index contributed by atoms with van der Waals surface area (Å²) in [4.78, 5) is 28.2. The van der Waals surface area contributed by atoms with Crippen LogP contribution in [-0.4, -0.2) is 35.7 Å². The standard InChI is InChI=1S/C25H30Cl2N2O3/c1-17-8-3-6-13-22(17)28-25(31)24(20-11-4-5-12-21(20)27)29(23(30)15-26)16-18-9-7-10-19(14-18)32-2/h4-5,7,9-12,14,17,22,24H,3,6,8,13,15-16H2,1-2H3,(H,28,31). The van der Waals surface area contributed by atoms with Gasteiger partial charge in [-0.2, -0.15) is 0 Å². The van der Waals surface area contributed by atoms with Gasteiger partial charge in [-0.3, -0.25) is 9.59 Å². The highest BCUT2D eigenvalue weighted by atomic mass is 35.5. The predicted molar refractivity (Wildman–Crippen MR) is 128 cm³/mol. The van der Waals surface area contributed by atoms with Gasteiger partial charge >= 0.3 is 0 Å². The Morgan fingerprint density at radius 3 is 2.59 bits per heavy atom. The zero-order chi connectivity index (χ0) is 23.1. The number of nitrogens with zero attached hydrogens (tertiary/aromatic N) is 1. The van der Waals surface area contributed by atoms with Gasteiger partial charge in [0.05, 0.1) is 7.11 Å². The molecule has 1 saturated carbocycles. The van der Waals surface area contributed by atoms with E-state index in [1.807, 2.05) is 30.3 Å². The molecule has 32 heavy (non-hydrogen) atoms. The van der Waals surface area contributed by atoms with E-state index in [9.17, 15) is 9.59 Å². The summed E-state index contributed by atoms with van der Waals surface area (Å²) in [6.07, 6.45) is 4.27. The van der Waals surface area contributed by atoms with Crippen LogP contribution in [0.5, 0.6) is 5.75 Å². The third kappa shape index (κ3) is 5.96. The molecule has 2 aromatic rings. The van der Waals surface area contributed by atoms with E-state index < -0.39 is 6.04 Å². The maximum Gasteiger partial charge on any atom is 0.247 e. The van der Waals surface area contributed by atoms with E-state index in [1.54, 1.807) is 25.3 Å². The fourth-order valence-corrected chi connectivity index (χ4v) is 4.70. The second-order valence-corrected chi connectivity index (χ2v) is 8.98. The van der Waals surface area contributed by atoms with Crippen molar-refractivity contribution in [1.29, 1.82) is 0 Å². The lowest BCUT2D eigenvalue weighted by atomic mass is 9.85. The van der Waals surface area contributed by atoms with Gasteiger partial charge in [0.25, 0.3) is 0 Å². The first-order valence-corrected chi connectivity index (χ1v) is 11.9. The number of halogens is 2. The highest BCUT2D eigenvalue weighted by molar-refractivity contribution is 6.31. The van der Waals surface area contributed by atoms with Gasteiger partial charge in [-0.25, -0.2) is 0 Å². The number of carbonyl (C=O) groups excluding carboxylic acids is 2. The van der Waals surface area contributed by atoms with E-state index in [4.69, 9.17) is 27.9 Å². The molecular weight excluding hydrogens is 447 g/mol. The number of rotatable bonds is 8. The van der Waals surface area contributed by atoms with Crippen molar-refractivity contribution in [2.24, 2.45) is 5.92 Å². The number of nitrogens with one attached hydrogen (secondary N) is 1. The molecule has 3 atom stereocenters. The molecule has 1 aliphatic carbocycles. The molecule has 0 bridgehead atoms. The fraction of sp³-hybridized carbons (Fsp3) is 0.440. The van der Waals surface area contributed by atoms with Crippen LogP contribution in [0.3, 0.4) is 0 Å². The highest BCUT2D eigenvalue weighted by Gasteiger charge is 2.35. The number of benzene rings is 2. The van der Waals surface area contributed by atoms with Gasteiger partial charge in [0, 0.05) is 23.2 Å². The number of carbonyl (C=O) groups is 2. The molecule has 0 aromatic heterocycles. The Morgan fingerprint density at radius 2 is 1.91 bits per heavy atom. The summed E-state index contributed by atoms with van der Waals surface area (Å²) in [6.45, 7) is 2.36. The Labute approximate surface area is 200 Å². The molecule has 7 heteroatoms. The van der Waals surface area contributed by atoms with Gasteiger partial charge in [0.1, 0.15) is 17.7 Å². The average Bonchev–Trinajstić information content (AvgIpc) is 2.81. The van der Waals surface area contributed by atoms with Crippen molar-refractivity contribution in [3.63, 3.8) is 0 Å². The predicted octanol–water partition coefficient (Wildman–Crippen LogP) is 5.35. The van der Waals surface area contributed by atoms with Crippen molar-refractivity contribution in [2.75, 3.05) is 13.0 Å². The summed E-state index contributed by atoms with van der Waals surface area (Å²) >= 11 is 12.5. The van der Waals surface area contributed by atoms with Crippen molar-refractivity contribution in [3.05, 3.63) is 64.7 Å². The molecule has 0 radical (unpaired) electrons. The van der Waals surface area contributed by atoms with Crippen LogP contribution in [0, 0.1) is 5.92 Å². The Bertz CT molecular complexity index is 937. The van der Waals surface area contributed by atoms with Gasteiger partial charge in [0.2, 0.25) is 11.8 Å². The van der Waals surface area contributed by atoms with Crippen molar-refractivity contribution < 1.29 is 14.3 Å². The number of ether oxygens (including phenoxy) is 1. The molecule has 3 rings (SSSR count). The van der Waals surface area contributed by atoms with Gasteiger partial charge in [-0.15, -0.1) is 11.6 Å². The van der Waals surface area contributed by atoms with Crippen LogP contribution in [0.4, 0.5) is 0 Å². The zero-order valence-electron chi connectivity index (χ0n) is 18.5. The minimum Gasteiger partial charge on any atom is -0.497 e. The lowest BCUT2D eigenvalue weighted by Crippen LogP contribution is -2.49. The lowest BCUT2D eigenvalue weighted by Gasteiger charge is -2.35. The Kier molecular flexibility index (Phi) is 8.83. The molecule has 1 aliphatic rings. The normalized spacial score (nSPS) is 19.1. The van der Waals surface area contributed by atoms with Crippen molar-refractivity contribution >= 4 is 35.0 Å². The molecule has 0 saturated heterocycles. The van der Waals surface area contributed by atoms with E-state index in [0.717, 1.165) is 24.8 Å². The highest BCUT2D eigenvalue weighted by Crippen LogP contribution is 2.31. The smallest absolute Gasteiger partial charge is 0.247 e. The summed E-state index contributed by atoms with van der Waals surface area (Å²) in [5.41, 5.74) is 1.41. The SMILES string of the molecule is COc1cccc(CN(C(=O)CCl)C(C(=O)NC2CCCCC2C)c2ccccc2Cl)c1. The van der Waals surface area contributed by atoms with E-state index in [1.165, 1.54) is 11.3 Å². The first-order chi connectivity index (χ1) is 15.4. The van der Waals surface area contributed by atoms with E-state index in [-0.39, 0.29) is 30.3 Å². The molecule has 1 fully saturated rings. The van der Waals surface area contributed by atoms with Crippen molar-refractivity contribution in [3.8, 4) is 5.75 Å². The van der Waals surface area contributed by atoms with Crippen LogP contribution in [0.2, 0.25) is 5.02 Å². The van der Waals surface area contributed by atoms with E-state index >= 15 is 0 Å². The molecule has 2 amide bonds. The van der Waals surface area contributed by atoms with Crippen LogP contribution >= 0.6 is 23.2 Å². The Morgan fingerprint density at radius 1 is 1.16 bits per heavy atom. The van der Waals surface area contributed by atoms with E-state index in [2.05, 4.69) is 12.2 Å². The third-order valence-corrected chi connectivity index (χ3v) is 6.69. The maximum absolute atomic E-state index is 13.7. The molecule has 3 unspecified atom stereocenters. The summed E-state index contributed by atoms with van der Waals surface area (Å²) in [5, 5.41) is 3.64. The van der Waals surface area contributed by atoms with Crippen molar-refractivity contribution in [2.45, 2.75) is 51.2 Å². The second-order valence-electron chi connectivity index (χ2n) is 8.31. The molecule has 172 valence electrons. The molecule has 0 aliphatic heterocycles. The zero-order valence-corrected chi connectivity index (χ0v) is 20.0. The first kappa shape index (κ1) is 24.4. The number of hydrogen-bond donors (Lipinski definition) is 1. The van der Waals surface area contributed by atoms with Crippen LogP contribution in [0.1, 0.15) is 49.8 Å². The number of amides is 2. The van der Waals surface area contributed by atoms with Crippen molar-refractivity contribution in [1.82, 2.24) is 10.2 Å². The summed E-state index contributed by atoms with van der Waals surface area (Å²) in [5.74, 6) is 0.244.